The van der Waals surface area contributed by atoms with Crippen molar-refractivity contribution in [3.63, 3.8) is 0 Å². The molecule has 0 heterocycles. The standard InChI is InChI=1S/C19H35N5O8/c1-10(2)7-11(21)16(28)22-12(5-3-4-6-20)17(29)24-14(9-25)18(30)23-13(19(31)32)8-15(26)27/h10-14,25H,3-9,20-21H2,1-2H3,(H,22,28)(H,23,30)(H,24,29)(H,26,27)(H,31,32). The molecule has 0 aliphatic heterocycles. The fourth-order valence-electron chi connectivity index (χ4n) is 2.77. The molecule has 0 radical (unpaired) electrons. The molecule has 32 heavy (non-hydrogen) atoms. The van der Waals surface area contributed by atoms with Crippen LogP contribution in [0.5, 0.6) is 0 Å². The lowest BCUT2D eigenvalue weighted by Crippen LogP contribution is -2.58. The van der Waals surface area contributed by atoms with Gasteiger partial charge in [0.15, 0.2) is 0 Å². The van der Waals surface area contributed by atoms with Crippen LogP contribution < -0.4 is 27.4 Å². The van der Waals surface area contributed by atoms with Crippen LogP contribution in [0.1, 0.15) is 46.0 Å². The number of carbonyl (C=O) groups is 5. The van der Waals surface area contributed by atoms with E-state index in [1.807, 2.05) is 19.2 Å². The van der Waals surface area contributed by atoms with Gasteiger partial charge in [0.25, 0.3) is 0 Å². The molecule has 184 valence electrons. The quantitative estimate of drug-likeness (QED) is 0.112. The SMILES string of the molecule is CC(C)CC(N)C(=O)NC(CCCCN)C(=O)NC(CO)C(=O)NC(CC(=O)O)C(=O)O. The summed E-state index contributed by atoms with van der Waals surface area (Å²) in [6.45, 7) is 3.26. The fraction of sp³-hybridized carbons (Fsp3) is 0.737. The van der Waals surface area contributed by atoms with Crippen LogP contribution in [0.4, 0.5) is 0 Å². The number of carbonyl (C=O) groups excluding carboxylic acids is 3. The molecule has 4 atom stereocenters. The minimum Gasteiger partial charge on any atom is -0.481 e. The zero-order valence-corrected chi connectivity index (χ0v) is 18.4. The topological polar surface area (TPSA) is 234 Å². The third-order valence-electron chi connectivity index (χ3n) is 4.45. The molecule has 0 aliphatic rings. The first-order chi connectivity index (χ1) is 14.9. The van der Waals surface area contributed by atoms with Crippen molar-refractivity contribution in [3.8, 4) is 0 Å². The van der Waals surface area contributed by atoms with E-state index in [0.29, 0.717) is 25.8 Å². The molecular weight excluding hydrogens is 426 g/mol. The van der Waals surface area contributed by atoms with Crippen LogP contribution in [0.2, 0.25) is 0 Å². The molecule has 0 aliphatic carbocycles. The van der Waals surface area contributed by atoms with Gasteiger partial charge in [0.2, 0.25) is 17.7 Å². The van der Waals surface area contributed by atoms with Crippen LogP contribution in [0.25, 0.3) is 0 Å². The summed E-state index contributed by atoms with van der Waals surface area (Å²) in [6.07, 6.45) is 0.768. The van der Waals surface area contributed by atoms with Gasteiger partial charge < -0.3 is 42.7 Å². The number of nitrogens with two attached hydrogens (primary N) is 2. The van der Waals surface area contributed by atoms with Crippen LogP contribution in [0.15, 0.2) is 0 Å². The van der Waals surface area contributed by atoms with Crippen LogP contribution in [0, 0.1) is 5.92 Å². The highest BCUT2D eigenvalue weighted by molar-refractivity contribution is 5.94. The van der Waals surface area contributed by atoms with E-state index in [-0.39, 0.29) is 12.3 Å². The Morgan fingerprint density at radius 1 is 0.844 bits per heavy atom. The molecule has 4 unspecified atom stereocenters. The molecule has 0 saturated carbocycles. The number of unbranched alkanes of at least 4 members (excludes halogenated alkanes) is 1. The Kier molecular flexibility index (Phi) is 13.8. The third kappa shape index (κ3) is 11.6. The second-order valence-electron chi connectivity index (χ2n) is 7.82. The summed E-state index contributed by atoms with van der Waals surface area (Å²) in [5.74, 6) is -5.32. The Hall–Kier alpha value is -2.77. The fourth-order valence-corrected chi connectivity index (χ4v) is 2.77. The number of hydrogen-bond donors (Lipinski definition) is 8. The summed E-state index contributed by atoms with van der Waals surface area (Å²) in [5.41, 5.74) is 11.3. The highest BCUT2D eigenvalue weighted by Crippen LogP contribution is 2.06. The zero-order valence-electron chi connectivity index (χ0n) is 18.4. The normalized spacial score (nSPS) is 14.7. The number of aliphatic hydroxyl groups is 1. The predicted molar refractivity (Wildman–Crippen MR) is 113 cm³/mol. The molecule has 0 rings (SSSR count). The molecule has 0 aromatic carbocycles. The highest BCUT2D eigenvalue weighted by Gasteiger charge is 2.30. The minimum atomic E-state index is -1.75. The van der Waals surface area contributed by atoms with Gasteiger partial charge in [-0.05, 0) is 38.1 Å². The van der Waals surface area contributed by atoms with E-state index >= 15 is 0 Å². The van der Waals surface area contributed by atoms with Crippen LogP contribution in [-0.4, -0.2) is 82.3 Å². The Labute approximate surface area is 186 Å². The van der Waals surface area contributed by atoms with E-state index in [9.17, 15) is 29.1 Å². The summed E-state index contributed by atoms with van der Waals surface area (Å²) in [5, 5.41) is 34.0. The summed E-state index contributed by atoms with van der Waals surface area (Å²) in [7, 11) is 0. The van der Waals surface area contributed by atoms with Crippen molar-refractivity contribution >= 4 is 29.7 Å². The molecule has 0 spiro atoms. The van der Waals surface area contributed by atoms with E-state index < -0.39 is 66.9 Å². The van der Waals surface area contributed by atoms with Crippen molar-refractivity contribution in [1.82, 2.24) is 16.0 Å². The first-order valence-corrected chi connectivity index (χ1v) is 10.3. The van der Waals surface area contributed by atoms with Gasteiger partial charge in [0.1, 0.15) is 18.1 Å². The number of carboxylic acid groups (broad SMARTS) is 2. The number of amides is 3. The number of nitrogens with one attached hydrogen (secondary N) is 3. The lowest BCUT2D eigenvalue weighted by molar-refractivity contribution is -0.147. The van der Waals surface area contributed by atoms with E-state index in [0.717, 1.165) is 0 Å². The van der Waals surface area contributed by atoms with Gasteiger partial charge in [-0.25, -0.2) is 4.79 Å². The molecular formula is C19H35N5O8. The van der Waals surface area contributed by atoms with Crippen molar-refractivity contribution in [2.45, 2.75) is 70.1 Å². The van der Waals surface area contributed by atoms with Crippen molar-refractivity contribution in [3.05, 3.63) is 0 Å². The molecule has 0 aromatic heterocycles. The van der Waals surface area contributed by atoms with Gasteiger partial charge >= 0.3 is 11.9 Å². The monoisotopic (exact) mass is 461 g/mol. The Bertz CT molecular complexity index is 658. The smallest absolute Gasteiger partial charge is 0.326 e. The lowest BCUT2D eigenvalue weighted by atomic mass is 10.0. The van der Waals surface area contributed by atoms with Gasteiger partial charge in [-0.1, -0.05) is 13.8 Å². The average molecular weight is 462 g/mol. The van der Waals surface area contributed by atoms with Gasteiger partial charge in [-0.2, -0.15) is 0 Å². The van der Waals surface area contributed by atoms with Crippen LogP contribution >= 0.6 is 0 Å². The number of aliphatic hydroxyl groups excluding tert-OH is 1. The number of carboxylic acids is 2. The molecule has 13 heteroatoms. The van der Waals surface area contributed by atoms with Crippen molar-refractivity contribution in [1.29, 1.82) is 0 Å². The maximum absolute atomic E-state index is 12.7. The molecule has 3 amide bonds. The van der Waals surface area contributed by atoms with Gasteiger partial charge in [-0.3, -0.25) is 19.2 Å². The summed E-state index contributed by atoms with van der Waals surface area (Å²) in [6, 6.07) is -5.22. The second kappa shape index (κ2) is 15.1. The molecule has 10 N–H and O–H groups in total. The maximum Gasteiger partial charge on any atom is 0.326 e. The largest absolute Gasteiger partial charge is 0.481 e. The third-order valence-corrected chi connectivity index (χ3v) is 4.45. The Morgan fingerprint density at radius 3 is 1.84 bits per heavy atom. The number of rotatable bonds is 16. The minimum absolute atomic E-state index is 0.149. The van der Waals surface area contributed by atoms with E-state index in [2.05, 4.69) is 10.6 Å². The van der Waals surface area contributed by atoms with Crippen molar-refractivity contribution in [2.24, 2.45) is 17.4 Å². The van der Waals surface area contributed by atoms with E-state index in [4.69, 9.17) is 21.7 Å². The van der Waals surface area contributed by atoms with Crippen molar-refractivity contribution < 1.29 is 39.3 Å². The molecule has 13 nitrogen and oxygen atoms in total. The Balaban J connectivity index is 5.25. The average Bonchev–Trinajstić information content (AvgIpc) is 2.69. The summed E-state index contributed by atoms with van der Waals surface area (Å²) in [4.78, 5) is 59.2. The first kappa shape index (κ1) is 29.2. The lowest BCUT2D eigenvalue weighted by Gasteiger charge is -2.24. The zero-order chi connectivity index (χ0) is 24.8. The molecule has 0 aromatic rings. The predicted octanol–water partition coefficient (Wildman–Crippen LogP) is -2.51. The van der Waals surface area contributed by atoms with E-state index in [1.54, 1.807) is 0 Å². The van der Waals surface area contributed by atoms with Crippen LogP contribution in [-0.2, 0) is 24.0 Å². The highest BCUT2D eigenvalue weighted by atomic mass is 16.4. The second-order valence-corrected chi connectivity index (χ2v) is 7.82. The molecule has 0 fully saturated rings. The van der Waals surface area contributed by atoms with Gasteiger partial charge in [0, 0.05) is 0 Å². The van der Waals surface area contributed by atoms with E-state index in [1.165, 1.54) is 0 Å². The van der Waals surface area contributed by atoms with Crippen molar-refractivity contribution in [2.75, 3.05) is 13.2 Å². The number of hydrogen-bond acceptors (Lipinski definition) is 8. The molecule has 0 saturated heterocycles. The van der Waals surface area contributed by atoms with Gasteiger partial charge in [-0.15, -0.1) is 0 Å². The van der Waals surface area contributed by atoms with Crippen LogP contribution in [0.3, 0.4) is 0 Å². The molecule has 0 bridgehead atoms. The summed E-state index contributed by atoms with van der Waals surface area (Å²) >= 11 is 0. The number of aliphatic carboxylic acids is 2. The maximum atomic E-state index is 12.7. The first-order valence-electron chi connectivity index (χ1n) is 10.3. The van der Waals surface area contributed by atoms with Gasteiger partial charge in [0.05, 0.1) is 19.1 Å². The summed E-state index contributed by atoms with van der Waals surface area (Å²) < 4.78 is 0. The Morgan fingerprint density at radius 2 is 1.38 bits per heavy atom.